The number of aromatic nitrogens is 1. The Morgan fingerprint density at radius 2 is 1.61 bits per heavy atom. The van der Waals surface area contributed by atoms with Crippen molar-refractivity contribution in [3.8, 4) is 0 Å². The van der Waals surface area contributed by atoms with Crippen LogP contribution in [0.25, 0.3) is 10.9 Å². The summed E-state index contributed by atoms with van der Waals surface area (Å²) in [6.07, 6.45) is -9.24. The normalized spacial score (nSPS) is 15.7. The van der Waals surface area contributed by atoms with Gasteiger partial charge >= 0.3 is 12.4 Å². The topological polar surface area (TPSA) is 91.1 Å². The molecule has 2 heterocycles. The van der Waals surface area contributed by atoms with E-state index in [0.717, 1.165) is 22.5 Å². The molecule has 0 radical (unpaired) electrons. The highest BCUT2D eigenvalue weighted by molar-refractivity contribution is 6.02. The van der Waals surface area contributed by atoms with Crippen molar-refractivity contribution >= 4 is 28.5 Å². The number of hydrogen-bond donors (Lipinski definition) is 3. The molecule has 0 fully saturated rings. The monoisotopic (exact) mass is 645 g/mol. The van der Waals surface area contributed by atoms with Gasteiger partial charge in [0.05, 0.1) is 23.6 Å². The van der Waals surface area contributed by atoms with Gasteiger partial charge in [-0.2, -0.15) is 26.3 Å². The number of fused-ring (bicyclic) bond motifs is 1. The number of nitrogens with one attached hydrogen (secondary N) is 3. The molecule has 46 heavy (non-hydrogen) atoms. The van der Waals surface area contributed by atoms with Gasteiger partial charge in [0, 0.05) is 36.7 Å². The van der Waals surface area contributed by atoms with E-state index in [-0.39, 0.29) is 35.7 Å². The second-order valence-corrected chi connectivity index (χ2v) is 11.0. The van der Waals surface area contributed by atoms with Gasteiger partial charge in [-0.1, -0.05) is 23.8 Å². The van der Waals surface area contributed by atoms with Crippen molar-refractivity contribution in [2.24, 2.45) is 0 Å². The molecule has 4 aromatic rings. The van der Waals surface area contributed by atoms with Gasteiger partial charge in [-0.3, -0.25) is 14.4 Å². The van der Waals surface area contributed by atoms with Crippen LogP contribution in [0, 0.1) is 5.82 Å². The number of benzene rings is 3. The third-order valence-electron chi connectivity index (χ3n) is 7.77. The van der Waals surface area contributed by atoms with Crippen LogP contribution in [0.2, 0.25) is 0 Å². The lowest BCUT2D eigenvalue weighted by Gasteiger charge is -2.28. The molecule has 13 heteroatoms. The highest BCUT2D eigenvalue weighted by atomic mass is 19.4. The average Bonchev–Trinajstić information content (AvgIpc) is 3.43. The molecule has 3 N–H and O–H groups in total. The van der Waals surface area contributed by atoms with E-state index in [2.05, 4.69) is 10.3 Å². The minimum absolute atomic E-state index is 0.00986. The number of amides is 2. The number of rotatable bonds is 8. The summed E-state index contributed by atoms with van der Waals surface area (Å²) in [5.74, 6) is -2.59. The van der Waals surface area contributed by atoms with E-state index in [0.29, 0.717) is 29.3 Å². The summed E-state index contributed by atoms with van der Waals surface area (Å²) in [7, 11) is 0. The first-order valence-corrected chi connectivity index (χ1v) is 14.0. The number of alkyl halides is 6. The maximum atomic E-state index is 14.9. The first kappa shape index (κ1) is 32.5. The third-order valence-corrected chi connectivity index (χ3v) is 7.77. The maximum absolute atomic E-state index is 14.9. The molecule has 0 aliphatic carbocycles. The predicted octanol–water partition coefficient (Wildman–Crippen LogP) is 6.89. The summed E-state index contributed by atoms with van der Waals surface area (Å²) in [5.41, 5.74) is -1.84. The molecule has 2 amide bonds. The number of H-pyrrole nitrogens is 1. The van der Waals surface area contributed by atoms with E-state index in [9.17, 15) is 45.1 Å². The smallest absolute Gasteiger partial charge is 0.361 e. The number of Topliss-reactive ketones (excluding diaryl/α,β-unsaturated/α-hetero) is 1. The van der Waals surface area contributed by atoms with Crippen LogP contribution >= 0.6 is 0 Å². The van der Waals surface area contributed by atoms with Gasteiger partial charge in [0.25, 0.3) is 0 Å². The summed E-state index contributed by atoms with van der Waals surface area (Å²) < 4.78 is 95.8. The van der Waals surface area contributed by atoms with Crippen LogP contribution < -0.4 is 10.6 Å². The van der Waals surface area contributed by atoms with E-state index in [1.54, 1.807) is 19.2 Å². The number of carbonyl (C=O) groups is 3. The Morgan fingerprint density at radius 1 is 0.913 bits per heavy atom. The fraction of sp³-hybridized carbons (Fsp3) is 0.242. The quantitative estimate of drug-likeness (QED) is 0.182. The minimum atomic E-state index is -5.12. The standard InChI is InChI=1S/C33H26F7N3O3/c1-17-11-29(46)43-31(30(17)27(44)13-18-5-8-26-19(12-18)9-10-41-26)20-6-7-25(34)21(14-20)15-28(45)42-16-22-23(32(35,36)37)3-2-4-24(22)33(38,39)40/h2-10,12,14,31,41H,11,13,15-16H2,1H3,(H,42,45)(H,43,46). The predicted molar refractivity (Wildman–Crippen MR) is 154 cm³/mol. The molecule has 1 aliphatic heterocycles. The van der Waals surface area contributed by atoms with Crippen LogP contribution in [-0.2, 0) is 46.1 Å². The van der Waals surface area contributed by atoms with Gasteiger partial charge in [0.15, 0.2) is 5.78 Å². The Morgan fingerprint density at radius 3 is 2.28 bits per heavy atom. The lowest BCUT2D eigenvalue weighted by Crippen LogP contribution is -2.37. The fourth-order valence-electron chi connectivity index (χ4n) is 5.65. The van der Waals surface area contributed by atoms with Crippen molar-refractivity contribution in [3.05, 3.63) is 117 Å². The number of hydrogen-bond acceptors (Lipinski definition) is 3. The van der Waals surface area contributed by atoms with Crippen molar-refractivity contribution in [1.82, 2.24) is 15.6 Å². The molecule has 1 unspecified atom stereocenters. The van der Waals surface area contributed by atoms with Gasteiger partial charge < -0.3 is 15.6 Å². The molecular weight excluding hydrogens is 619 g/mol. The van der Waals surface area contributed by atoms with Crippen molar-refractivity contribution in [2.45, 2.75) is 51.1 Å². The summed E-state index contributed by atoms with van der Waals surface area (Å²) in [6, 6.07) is 11.5. The molecule has 1 aromatic heterocycles. The zero-order valence-corrected chi connectivity index (χ0v) is 24.1. The lowest BCUT2D eigenvalue weighted by atomic mass is 9.85. The maximum Gasteiger partial charge on any atom is 0.416 e. The largest absolute Gasteiger partial charge is 0.416 e. The van der Waals surface area contributed by atoms with Crippen LogP contribution in [0.3, 0.4) is 0 Å². The van der Waals surface area contributed by atoms with E-state index >= 15 is 0 Å². The van der Waals surface area contributed by atoms with Crippen LogP contribution in [-0.4, -0.2) is 22.6 Å². The molecule has 3 aromatic carbocycles. The summed E-state index contributed by atoms with van der Waals surface area (Å²) in [6.45, 7) is 0.526. The number of carbonyl (C=O) groups excluding carboxylic acids is 3. The average molecular weight is 646 g/mol. The van der Waals surface area contributed by atoms with Crippen LogP contribution in [0.4, 0.5) is 30.7 Å². The molecule has 6 nitrogen and oxygen atoms in total. The van der Waals surface area contributed by atoms with Gasteiger partial charge in [-0.15, -0.1) is 0 Å². The summed E-state index contributed by atoms with van der Waals surface area (Å²) in [4.78, 5) is 41.9. The molecular formula is C33H26F7N3O3. The van der Waals surface area contributed by atoms with E-state index < -0.39 is 59.8 Å². The fourth-order valence-corrected chi connectivity index (χ4v) is 5.65. The Kier molecular flexibility index (Phi) is 8.78. The molecule has 0 saturated carbocycles. The first-order valence-electron chi connectivity index (χ1n) is 14.0. The third kappa shape index (κ3) is 6.98. The van der Waals surface area contributed by atoms with Crippen LogP contribution in [0.1, 0.15) is 52.8 Å². The molecule has 0 bridgehead atoms. The summed E-state index contributed by atoms with van der Waals surface area (Å²) in [5, 5.41) is 5.68. The van der Waals surface area contributed by atoms with E-state index in [1.807, 2.05) is 23.5 Å². The SMILES string of the molecule is CC1=C(C(=O)Cc2ccc3[nH]ccc3c2)C(c2ccc(F)c(CC(=O)NCc3c(C(F)(F)F)cccc3C(F)(F)F)c2)NC(=O)C1. The van der Waals surface area contributed by atoms with Crippen molar-refractivity contribution < 1.29 is 45.1 Å². The van der Waals surface area contributed by atoms with Gasteiger partial charge in [-0.05, 0) is 77.0 Å². The highest BCUT2D eigenvalue weighted by Gasteiger charge is 2.40. The number of ketones is 1. The van der Waals surface area contributed by atoms with Gasteiger partial charge in [-0.25, -0.2) is 4.39 Å². The number of halogens is 7. The van der Waals surface area contributed by atoms with Crippen molar-refractivity contribution in [1.29, 1.82) is 0 Å². The van der Waals surface area contributed by atoms with E-state index in [4.69, 9.17) is 0 Å². The van der Waals surface area contributed by atoms with E-state index in [1.165, 1.54) is 12.1 Å². The van der Waals surface area contributed by atoms with Gasteiger partial charge in [0.2, 0.25) is 11.8 Å². The minimum Gasteiger partial charge on any atom is -0.361 e. The van der Waals surface area contributed by atoms with Gasteiger partial charge in [0.1, 0.15) is 5.82 Å². The molecule has 1 aliphatic rings. The molecule has 0 spiro atoms. The second-order valence-electron chi connectivity index (χ2n) is 11.0. The number of aromatic amines is 1. The lowest BCUT2D eigenvalue weighted by molar-refractivity contribution is -0.144. The molecule has 1 atom stereocenters. The zero-order chi connectivity index (χ0) is 33.4. The zero-order valence-electron chi connectivity index (χ0n) is 24.1. The van der Waals surface area contributed by atoms with Crippen molar-refractivity contribution in [3.63, 3.8) is 0 Å². The summed E-state index contributed by atoms with van der Waals surface area (Å²) >= 11 is 0. The van der Waals surface area contributed by atoms with Crippen LogP contribution in [0.15, 0.2) is 78.0 Å². The van der Waals surface area contributed by atoms with Crippen molar-refractivity contribution in [2.75, 3.05) is 0 Å². The first-order chi connectivity index (χ1) is 21.6. The Hall–Kier alpha value is -4.94. The Balaban J connectivity index is 1.37. The Bertz CT molecular complexity index is 1840. The van der Waals surface area contributed by atoms with Crippen LogP contribution in [0.5, 0.6) is 0 Å². The molecule has 240 valence electrons. The molecule has 0 saturated heterocycles. The highest BCUT2D eigenvalue weighted by Crippen LogP contribution is 2.39. The second kappa shape index (κ2) is 12.5. The molecule has 5 rings (SSSR count). The Labute approximate surface area is 257 Å².